The number of hydrogen-bond donors (Lipinski definition) is 2. The fourth-order valence-corrected chi connectivity index (χ4v) is 4.72. The first-order valence-corrected chi connectivity index (χ1v) is 13.8. The molecule has 0 saturated carbocycles. The third-order valence-electron chi connectivity index (χ3n) is 5.68. The molecule has 0 fully saturated rings. The molecule has 39 heavy (non-hydrogen) atoms. The zero-order valence-corrected chi connectivity index (χ0v) is 22.9. The van der Waals surface area contributed by atoms with Gasteiger partial charge in [-0.1, -0.05) is 19.1 Å². The van der Waals surface area contributed by atoms with Crippen LogP contribution < -0.4 is 29.9 Å². The molecule has 1 heterocycles. The maximum Gasteiger partial charge on any atom is 0.328 e. The van der Waals surface area contributed by atoms with Crippen molar-refractivity contribution >= 4 is 38.3 Å². The number of hydrogen-bond acceptors (Lipinski definition) is 7. The lowest BCUT2D eigenvalue weighted by Crippen LogP contribution is -2.21. The minimum Gasteiger partial charge on any atom is -0.493 e. The largest absolute Gasteiger partial charge is 0.493 e. The Labute approximate surface area is 226 Å². The van der Waals surface area contributed by atoms with Gasteiger partial charge in [0.05, 0.1) is 23.3 Å². The van der Waals surface area contributed by atoms with E-state index >= 15 is 0 Å². The lowest BCUT2D eigenvalue weighted by atomic mass is 10.2. The number of anilines is 2. The van der Waals surface area contributed by atoms with E-state index in [0.29, 0.717) is 34.8 Å². The van der Waals surface area contributed by atoms with Gasteiger partial charge in [-0.2, -0.15) is 0 Å². The van der Waals surface area contributed by atoms with E-state index in [0.717, 1.165) is 6.42 Å². The Hall–Kier alpha value is -4.45. The molecule has 206 valence electrons. The van der Waals surface area contributed by atoms with Crippen LogP contribution in [0.5, 0.6) is 23.0 Å². The minimum absolute atomic E-state index is 0.124. The Balaban J connectivity index is 1.64. The molecule has 0 aliphatic heterocycles. The van der Waals surface area contributed by atoms with Crippen LogP contribution in [0.3, 0.4) is 0 Å². The van der Waals surface area contributed by atoms with Crippen molar-refractivity contribution in [3.05, 3.63) is 71.1 Å². The van der Waals surface area contributed by atoms with Crippen LogP contribution in [0.4, 0.5) is 11.4 Å². The topological polar surface area (TPSA) is 130 Å². The van der Waals surface area contributed by atoms with Crippen molar-refractivity contribution in [1.82, 2.24) is 9.13 Å². The van der Waals surface area contributed by atoms with Crippen molar-refractivity contribution in [2.75, 3.05) is 22.6 Å². The van der Waals surface area contributed by atoms with E-state index < -0.39 is 16.0 Å². The first-order chi connectivity index (χ1) is 18.6. The van der Waals surface area contributed by atoms with Crippen LogP contribution in [0.2, 0.25) is 0 Å². The van der Waals surface area contributed by atoms with Crippen LogP contribution in [-0.4, -0.2) is 36.0 Å². The second kappa shape index (κ2) is 11.5. The van der Waals surface area contributed by atoms with Gasteiger partial charge in [0.25, 0.3) is 10.0 Å². The van der Waals surface area contributed by atoms with E-state index in [4.69, 9.17) is 14.2 Å². The number of nitrogens with one attached hydrogen (secondary N) is 2. The summed E-state index contributed by atoms with van der Waals surface area (Å²) in [7, 11) is -0.821. The number of aromatic nitrogens is 2. The smallest absolute Gasteiger partial charge is 0.328 e. The second-order valence-corrected chi connectivity index (χ2v) is 10.5. The highest BCUT2D eigenvalue weighted by Gasteiger charge is 2.20. The standard InChI is InChI=1S/C27H30N4O7S/c1-5-12-36-21-10-7-11-22(14-21)38-26-16-25-24(30(3)27(33)31(25)4)15-23(26)29-39(34,35)17-37-20-9-6-8-19(13-20)28-18(2)32/h6-11,13-16,29H,5,12,17H2,1-4H3,(H,28,32). The van der Waals surface area contributed by atoms with Gasteiger partial charge in [-0.05, 0) is 36.8 Å². The molecule has 11 nitrogen and oxygen atoms in total. The Bertz CT molecular complexity index is 1680. The summed E-state index contributed by atoms with van der Waals surface area (Å²) in [5.74, 6) is 0.514. The van der Waals surface area contributed by atoms with Gasteiger partial charge in [-0.3, -0.25) is 18.7 Å². The quantitative estimate of drug-likeness (QED) is 0.284. The van der Waals surface area contributed by atoms with E-state index in [1.54, 1.807) is 68.7 Å². The number of nitrogens with zero attached hydrogens (tertiary/aromatic N) is 2. The van der Waals surface area contributed by atoms with Gasteiger partial charge < -0.3 is 19.5 Å². The molecule has 1 aromatic heterocycles. The molecule has 4 rings (SSSR count). The molecule has 0 bridgehead atoms. The lowest BCUT2D eigenvalue weighted by Gasteiger charge is -2.16. The lowest BCUT2D eigenvalue weighted by molar-refractivity contribution is -0.114. The normalized spacial score (nSPS) is 11.3. The molecule has 3 aromatic carbocycles. The summed E-state index contributed by atoms with van der Waals surface area (Å²) in [6, 6.07) is 16.5. The number of sulfonamides is 1. The summed E-state index contributed by atoms with van der Waals surface area (Å²) in [6.07, 6.45) is 0.843. The molecule has 0 radical (unpaired) electrons. The van der Waals surface area contributed by atoms with Crippen LogP contribution in [-0.2, 0) is 28.9 Å². The van der Waals surface area contributed by atoms with E-state index in [2.05, 4.69) is 10.0 Å². The monoisotopic (exact) mass is 554 g/mol. The third kappa shape index (κ3) is 6.71. The van der Waals surface area contributed by atoms with Gasteiger partial charge in [-0.25, -0.2) is 13.2 Å². The number of ether oxygens (including phenoxy) is 3. The Morgan fingerprint density at radius 2 is 1.54 bits per heavy atom. The first-order valence-electron chi connectivity index (χ1n) is 12.2. The maximum atomic E-state index is 13.1. The molecule has 2 N–H and O–H groups in total. The van der Waals surface area contributed by atoms with Crippen molar-refractivity contribution in [1.29, 1.82) is 0 Å². The number of rotatable bonds is 11. The molecule has 0 aliphatic carbocycles. The van der Waals surface area contributed by atoms with Crippen molar-refractivity contribution in [2.45, 2.75) is 20.3 Å². The van der Waals surface area contributed by atoms with Crippen LogP contribution in [0.1, 0.15) is 20.3 Å². The van der Waals surface area contributed by atoms with Crippen molar-refractivity contribution < 1.29 is 27.4 Å². The number of benzene rings is 3. The molecular formula is C27H30N4O7S. The van der Waals surface area contributed by atoms with Gasteiger partial charge >= 0.3 is 5.69 Å². The average Bonchev–Trinajstić information content (AvgIpc) is 3.09. The minimum atomic E-state index is -4.05. The van der Waals surface area contributed by atoms with Gasteiger partial charge in [0.2, 0.25) is 11.8 Å². The maximum absolute atomic E-state index is 13.1. The Kier molecular flexibility index (Phi) is 8.15. The SMILES string of the molecule is CCCOc1cccc(Oc2cc3c(cc2NS(=O)(=O)COc2cccc(NC(C)=O)c2)n(C)c(=O)n3C)c1. The van der Waals surface area contributed by atoms with Gasteiger partial charge in [-0.15, -0.1) is 0 Å². The van der Waals surface area contributed by atoms with Crippen LogP contribution in [0.25, 0.3) is 11.0 Å². The molecular weight excluding hydrogens is 524 g/mol. The van der Waals surface area contributed by atoms with Gasteiger partial charge in [0, 0.05) is 44.9 Å². The highest BCUT2D eigenvalue weighted by atomic mass is 32.2. The number of imidazole rings is 1. The number of carbonyl (C=O) groups is 1. The summed E-state index contributed by atoms with van der Waals surface area (Å²) < 4.78 is 48.7. The number of fused-ring (bicyclic) bond motifs is 1. The Morgan fingerprint density at radius 1 is 0.897 bits per heavy atom. The van der Waals surface area contributed by atoms with Crippen molar-refractivity contribution in [3.63, 3.8) is 0 Å². The Morgan fingerprint density at radius 3 is 2.23 bits per heavy atom. The van der Waals surface area contributed by atoms with Crippen LogP contribution in [0.15, 0.2) is 65.5 Å². The van der Waals surface area contributed by atoms with Crippen molar-refractivity contribution in [2.24, 2.45) is 14.1 Å². The molecule has 0 spiro atoms. The van der Waals surface area contributed by atoms with E-state index in [1.165, 1.54) is 22.1 Å². The molecule has 12 heteroatoms. The van der Waals surface area contributed by atoms with E-state index in [-0.39, 0.29) is 28.8 Å². The summed E-state index contributed by atoms with van der Waals surface area (Å²) in [5.41, 5.74) is 1.40. The highest BCUT2D eigenvalue weighted by molar-refractivity contribution is 7.92. The highest BCUT2D eigenvalue weighted by Crippen LogP contribution is 2.35. The predicted molar refractivity (Wildman–Crippen MR) is 149 cm³/mol. The van der Waals surface area contributed by atoms with E-state index in [9.17, 15) is 18.0 Å². The number of carbonyl (C=O) groups excluding carboxylic acids is 1. The summed E-state index contributed by atoms with van der Waals surface area (Å²) in [6.45, 7) is 3.91. The zero-order chi connectivity index (χ0) is 28.2. The fraction of sp³-hybridized carbons (Fsp3) is 0.259. The molecule has 0 saturated heterocycles. The molecule has 0 aliphatic rings. The van der Waals surface area contributed by atoms with Gasteiger partial charge in [0.15, 0.2) is 5.75 Å². The average molecular weight is 555 g/mol. The summed E-state index contributed by atoms with van der Waals surface area (Å²) >= 11 is 0. The number of amides is 1. The summed E-state index contributed by atoms with van der Waals surface area (Å²) in [4.78, 5) is 23.8. The second-order valence-electron chi connectivity index (χ2n) is 8.85. The molecule has 0 unspecified atom stereocenters. The van der Waals surface area contributed by atoms with E-state index in [1.807, 2.05) is 6.92 Å². The van der Waals surface area contributed by atoms with Crippen molar-refractivity contribution in [3.8, 4) is 23.0 Å². The van der Waals surface area contributed by atoms with Crippen LogP contribution >= 0.6 is 0 Å². The predicted octanol–water partition coefficient (Wildman–Crippen LogP) is 4.19. The number of aryl methyl sites for hydroxylation is 2. The zero-order valence-electron chi connectivity index (χ0n) is 22.1. The molecule has 0 atom stereocenters. The van der Waals surface area contributed by atoms with Gasteiger partial charge in [0.1, 0.15) is 17.2 Å². The molecule has 1 amide bonds. The summed E-state index contributed by atoms with van der Waals surface area (Å²) in [5, 5.41) is 2.62. The third-order valence-corrected chi connectivity index (χ3v) is 6.64. The molecule has 4 aromatic rings. The first kappa shape index (κ1) is 27.6. The van der Waals surface area contributed by atoms with Crippen LogP contribution in [0, 0.1) is 0 Å². The fourth-order valence-electron chi connectivity index (χ4n) is 3.87.